The summed E-state index contributed by atoms with van der Waals surface area (Å²) in [4.78, 5) is 34.1. The molecule has 1 aromatic carbocycles. The predicted molar refractivity (Wildman–Crippen MR) is 100 cm³/mol. The van der Waals surface area contributed by atoms with Gasteiger partial charge in [-0.25, -0.2) is 9.97 Å². The first kappa shape index (κ1) is 18.8. The van der Waals surface area contributed by atoms with Crippen molar-refractivity contribution in [1.82, 2.24) is 14.9 Å². The Morgan fingerprint density at radius 2 is 1.93 bits per heavy atom. The zero-order valence-corrected chi connectivity index (χ0v) is 15.8. The van der Waals surface area contributed by atoms with E-state index in [4.69, 9.17) is 10.5 Å². The monoisotopic (exact) mass is 368 g/mol. The van der Waals surface area contributed by atoms with Crippen molar-refractivity contribution in [2.75, 3.05) is 6.54 Å². The maximum atomic E-state index is 13.2. The molecular weight excluding hydrogens is 344 g/mol. The molecule has 142 valence electrons. The number of carbonyl (C=O) groups excluding carboxylic acids is 2. The first-order valence-corrected chi connectivity index (χ1v) is 8.96. The molecule has 0 saturated carbocycles. The average Bonchev–Trinajstić information content (AvgIpc) is 3.11. The molecule has 0 aliphatic carbocycles. The number of rotatable bonds is 5. The molecule has 7 heteroatoms. The molecular formula is C20H24N4O3. The Hall–Kier alpha value is -2.96. The van der Waals surface area contributed by atoms with Crippen molar-refractivity contribution in [3.05, 3.63) is 53.5 Å². The highest BCUT2D eigenvalue weighted by molar-refractivity contribution is 5.91. The summed E-state index contributed by atoms with van der Waals surface area (Å²) in [5.41, 5.74) is 6.45. The van der Waals surface area contributed by atoms with E-state index in [0.29, 0.717) is 6.54 Å². The van der Waals surface area contributed by atoms with Gasteiger partial charge in [-0.15, -0.1) is 0 Å². The Kier molecular flexibility index (Phi) is 5.12. The highest BCUT2D eigenvalue weighted by atomic mass is 16.5. The van der Waals surface area contributed by atoms with Crippen molar-refractivity contribution in [2.45, 2.75) is 45.3 Å². The molecule has 7 nitrogen and oxygen atoms in total. The number of amides is 2. The molecule has 1 atom stereocenters. The van der Waals surface area contributed by atoms with E-state index in [0.717, 1.165) is 18.4 Å². The Morgan fingerprint density at radius 1 is 1.22 bits per heavy atom. The molecule has 1 fully saturated rings. The van der Waals surface area contributed by atoms with Gasteiger partial charge < -0.3 is 15.4 Å². The van der Waals surface area contributed by atoms with Crippen LogP contribution >= 0.6 is 0 Å². The van der Waals surface area contributed by atoms with E-state index in [9.17, 15) is 9.59 Å². The molecule has 1 aliphatic heterocycles. The second-order valence-corrected chi connectivity index (χ2v) is 7.29. The third kappa shape index (κ3) is 4.07. The largest absolute Gasteiger partial charge is 0.461 e. The van der Waals surface area contributed by atoms with Gasteiger partial charge in [-0.05, 0) is 39.2 Å². The van der Waals surface area contributed by atoms with Gasteiger partial charge in [0.2, 0.25) is 5.88 Å². The predicted octanol–water partition coefficient (Wildman–Crippen LogP) is 2.41. The van der Waals surface area contributed by atoms with Gasteiger partial charge in [0, 0.05) is 12.6 Å². The first-order valence-electron chi connectivity index (χ1n) is 8.96. The molecule has 2 aromatic rings. The molecule has 1 unspecified atom stereocenters. The minimum atomic E-state index is -1.14. The van der Waals surface area contributed by atoms with E-state index in [1.165, 1.54) is 18.0 Å². The second-order valence-electron chi connectivity index (χ2n) is 7.29. The molecule has 1 aromatic heterocycles. The number of carbonyl (C=O) groups is 2. The fourth-order valence-corrected chi connectivity index (χ4v) is 3.33. The quantitative estimate of drug-likeness (QED) is 0.874. The summed E-state index contributed by atoms with van der Waals surface area (Å²) in [5.74, 6) is -0.654. The van der Waals surface area contributed by atoms with Crippen molar-refractivity contribution in [3.8, 4) is 5.88 Å². The van der Waals surface area contributed by atoms with Crippen molar-refractivity contribution >= 4 is 11.8 Å². The van der Waals surface area contributed by atoms with Crippen molar-refractivity contribution in [1.29, 1.82) is 0 Å². The van der Waals surface area contributed by atoms with Gasteiger partial charge in [0.05, 0.1) is 6.04 Å². The molecule has 3 rings (SSSR count). The lowest BCUT2D eigenvalue weighted by molar-refractivity contribution is -0.146. The van der Waals surface area contributed by atoms with Crippen LogP contribution in [0.1, 0.15) is 54.3 Å². The van der Waals surface area contributed by atoms with Crippen LogP contribution < -0.4 is 10.5 Å². The molecule has 2 heterocycles. The lowest BCUT2D eigenvalue weighted by Gasteiger charge is -2.33. The van der Waals surface area contributed by atoms with Gasteiger partial charge in [-0.1, -0.05) is 29.8 Å². The van der Waals surface area contributed by atoms with Gasteiger partial charge in [0.15, 0.2) is 5.60 Å². The van der Waals surface area contributed by atoms with E-state index >= 15 is 0 Å². The molecule has 1 saturated heterocycles. The molecule has 1 aliphatic rings. The lowest BCUT2D eigenvalue weighted by atomic mass is 10.0. The summed E-state index contributed by atoms with van der Waals surface area (Å²) in [6, 6.07) is 9.65. The number of aryl methyl sites for hydroxylation is 1. The minimum Gasteiger partial charge on any atom is -0.461 e. The summed E-state index contributed by atoms with van der Waals surface area (Å²) in [6.07, 6.45) is 3.06. The van der Waals surface area contributed by atoms with E-state index in [-0.39, 0.29) is 23.5 Å². The first-order chi connectivity index (χ1) is 12.8. The van der Waals surface area contributed by atoms with Crippen molar-refractivity contribution in [2.24, 2.45) is 5.73 Å². The van der Waals surface area contributed by atoms with Crippen LogP contribution in [0.4, 0.5) is 0 Å². The van der Waals surface area contributed by atoms with E-state index in [1.807, 2.05) is 11.8 Å². The van der Waals surface area contributed by atoms with Crippen LogP contribution in [0.2, 0.25) is 0 Å². The maximum absolute atomic E-state index is 13.2. The zero-order chi connectivity index (χ0) is 19.6. The topological polar surface area (TPSA) is 98.4 Å². The SMILES string of the molecule is Cc1ccc(C2CCCN2C(=O)C(C)(C)Oc2cc(C(N)=O)ncn2)cc1. The molecule has 0 spiro atoms. The summed E-state index contributed by atoms with van der Waals surface area (Å²) in [5, 5.41) is 0. The van der Waals surface area contributed by atoms with Gasteiger partial charge in [-0.2, -0.15) is 0 Å². The highest BCUT2D eigenvalue weighted by Crippen LogP contribution is 2.34. The van der Waals surface area contributed by atoms with E-state index in [2.05, 4.69) is 34.2 Å². The van der Waals surface area contributed by atoms with Crippen LogP contribution in [-0.2, 0) is 4.79 Å². The number of ether oxygens (including phenoxy) is 1. The number of nitrogens with two attached hydrogens (primary N) is 1. The summed E-state index contributed by atoms with van der Waals surface area (Å²) < 4.78 is 5.82. The summed E-state index contributed by atoms with van der Waals surface area (Å²) >= 11 is 0. The van der Waals surface area contributed by atoms with Crippen LogP contribution in [0.5, 0.6) is 5.88 Å². The Balaban J connectivity index is 1.79. The Bertz CT molecular complexity index is 849. The Morgan fingerprint density at radius 3 is 2.59 bits per heavy atom. The van der Waals surface area contributed by atoms with Gasteiger partial charge in [0.25, 0.3) is 11.8 Å². The standard InChI is InChI=1S/C20H24N4O3/c1-13-6-8-14(9-7-13)16-5-4-10-24(16)19(26)20(2,3)27-17-11-15(18(21)25)22-12-23-17/h6-9,11-12,16H,4-5,10H2,1-3H3,(H2,21,25). The van der Waals surface area contributed by atoms with Crippen LogP contribution in [0.3, 0.4) is 0 Å². The number of hydrogen-bond acceptors (Lipinski definition) is 5. The number of benzene rings is 1. The number of nitrogens with zero attached hydrogens (tertiary/aromatic N) is 3. The summed E-state index contributed by atoms with van der Waals surface area (Å²) in [7, 11) is 0. The van der Waals surface area contributed by atoms with Crippen LogP contribution in [0, 0.1) is 6.92 Å². The zero-order valence-electron chi connectivity index (χ0n) is 15.8. The van der Waals surface area contributed by atoms with Crippen LogP contribution in [0.15, 0.2) is 36.7 Å². The lowest BCUT2D eigenvalue weighted by Crippen LogP contribution is -2.48. The molecule has 27 heavy (non-hydrogen) atoms. The van der Waals surface area contributed by atoms with Gasteiger partial charge in [-0.3, -0.25) is 9.59 Å². The third-order valence-electron chi connectivity index (χ3n) is 4.74. The fourth-order valence-electron chi connectivity index (χ4n) is 3.33. The van der Waals surface area contributed by atoms with Gasteiger partial charge >= 0.3 is 0 Å². The average molecular weight is 368 g/mol. The summed E-state index contributed by atoms with van der Waals surface area (Å²) in [6.45, 7) is 6.12. The fraction of sp³-hybridized carbons (Fsp3) is 0.400. The third-order valence-corrected chi connectivity index (χ3v) is 4.74. The van der Waals surface area contributed by atoms with Gasteiger partial charge in [0.1, 0.15) is 12.0 Å². The molecule has 2 N–H and O–H groups in total. The number of aromatic nitrogens is 2. The molecule has 0 bridgehead atoms. The Labute approximate surface area is 158 Å². The minimum absolute atomic E-state index is 0.0348. The maximum Gasteiger partial charge on any atom is 0.267 e. The second kappa shape index (κ2) is 7.34. The van der Waals surface area contributed by atoms with Crippen LogP contribution in [-0.4, -0.2) is 38.8 Å². The molecule has 0 radical (unpaired) electrons. The van der Waals surface area contributed by atoms with E-state index in [1.54, 1.807) is 13.8 Å². The number of likely N-dealkylation sites (tertiary alicyclic amines) is 1. The smallest absolute Gasteiger partial charge is 0.267 e. The van der Waals surface area contributed by atoms with Crippen molar-refractivity contribution < 1.29 is 14.3 Å². The highest BCUT2D eigenvalue weighted by Gasteiger charge is 2.40. The van der Waals surface area contributed by atoms with Crippen LogP contribution in [0.25, 0.3) is 0 Å². The number of hydrogen-bond donors (Lipinski definition) is 1. The van der Waals surface area contributed by atoms with E-state index < -0.39 is 11.5 Å². The van der Waals surface area contributed by atoms with Crippen molar-refractivity contribution in [3.63, 3.8) is 0 Å². The normalized spacial score (nSPS) is 17.0. The molecule has 2 amide bonds. The number of primary amides is 1.